The summed E-state index contributed by atoms with van der Waals surface area (Å²) < 4.78 is 4.89. The third-order valence-electron chi connectivity index (χ3n) is 2.89. The predicted octanol–water partition coefficient (Wildman–Crippen LogP) is 0.680. The van der Waals surface area contributed by atoms with Crippen LogP contribution < -0.4 is 10.6 Å². The second-order valence-electron chi connectivity index (χ2n) is 4.15. The second kappa shape index (κ2) is 5.65. The van der Waals surface area contributed by atoms with Gasteiger partial charge in [-0.1, -0.05) is 5.16 Å². The van der Waals surface area contributed by atoms with Crippen molar-refractivity contribution < 1.29 is 9.32 Å². The Bertz CT molecular complexity index is 318. The van der Waals surface area contributed by atoms with E-state index in [1.165, 1.54) is 6.42 Å². The van der Waals surface area contributed by atoms with E-state index in [2.05, 4.69) is 15.8 Å². The fourth-order valence-corrected chi connectivity index (χ4v) is 1.90. The largest absolute Gasteiger partial charge is 0.360 e. The zero-order chi connectivity index (χ0) is 11.2. The molecule has 1 amide bonds. The van der Waals surface area contributed by atoms with Gasteiger partial charge in [-0.3, -0.25) is 4.79 Å². The van der Waals surface area contributed by atoms with Crippen LogP contribution in [0.15, 0.2) is 16.8 Å². The van der Waals surface area contributed by atoms with Crippen LogP contribution >= 0.6 is 0 Å². The Hall–Kier alpha value is -1.36. The molecule has 1 aliphatic rings. The number of rotatable bonds is 5. The molecule has 0 aliphatic carbocycles. The van der Waals surface area contributed by atoms with Crippen LogP contribution in [0.5, 0.6) is 0 Å². The minimum atomic E-state index is 0.0864. The average Bonchev–Trinajstić information content (AvgIpc) is 2.96. The zero-order valence-electron chi connectivity index (χ0n) is 9.24. The Balaban J connectivity index is 1.60. The molecule has 0 radical (unpaired) electrons. The van der Waals surface area contributed by atoms with Gasteiger partial charge in [-0.2, -0.15) is 0 Å². The predicted molar refractivity (Wildman–Crippen MR) is 58.6 cm³/mol. The number of nitrogens with one attached hydrogen (secondary N) is 2. The molecule has 0 saturated carbocycles. The molecule has 0 bridgehead atoms. The van der Waals surface area contributed by atoms with Gasteiger partial charge in [0.15, 0.2) is 5.76 Å². The summed E-state index contributed by atoms with van der Waals surface area (Å²) in [6, 6.07) is 1.75. The molecule has 2 N–H and O–H groups in total. The molecule has 1 aromatic heterocycles. The van der Waals surface area contributed by atoms with Gasteiger partial charge < -0.3 is 15.2 Å². The summed E-state index contributed by atoms with van der Waals surface area (Å²) in [5.41, 5.74) is 0. The van der Waals surface area contributed by atoms with Gasteiger partial charge in [-0.05, 0) is 31.8 Å². The van der Waals surface area contributed by atoms with Crippen molar-refractivity contribution in [2.45, 2.75) is 25.8 Å². The summed E-state index contributed by atoms with van der Waals surface area (Å²) in [6.45, 7) is 2.57. The molecule has 2 rings (SSSR count). The average molecular weight is 223 g/mol. The molecule has 0 spiro atoms. The molecule has 1 unspecified atom stereocenters. The van der Waals surface area contributed by atoms with Gasteiger partial charge >= 0.3 is 0 Å². The minimum absolute atomic E-state index is 0.0864. The molecule has 0 aromatic carbocycles. The fourth-order valence-electron chi connectivity index (χ4n) is 1.90. The number of carbonyl (C=O) groups excluding carboxylic acids is 1. The van der Waals surface area contributed by atoms with E-state index in [-0.39, 0.29) is 5.91 Å². The lowest BCUT2D eigenvalue weighted by molar-refractivity contribution is -0.121. The number of aromatic nitrogens is 1. The van der Waals surface area contributed by atoms with Gasteiger partial charge in [0.25, 0.3) is 0 Å². The number of hydrogen-bond acceptors (Lipinski definition) is 4. The molecule has 88 valence electrons. The number of carbonyl (C=O) groups is 1. The first kappa shape index (κ1) is 11.1. The van der Waals surface area contributed by atoms with Crippen molar-refractivity contribution in [1.82, 2.24) is 15.8 Å². The molecular weight excluding hydrogens is 206 g/mol. The molecule has 2 heterocycles. The highest BCUT2D eigenvalue weighted by molar-refractivity contribution is 5.75. The van der Waals surface area contributed by atoms with Crippen LogP contribution in [0.1, 0.15) is 25.0 Å². The Morgan fingerprint density at radius 2 is 2.62 bits per heavy atom. The molecule has 1 fully saturated rings. The summed E-state index contributed by atoms with van der Waals surface area (Å²) in [7, 11) is 0. The van der Waals surface area contributed by atoms with Crippen molar-refractivity contribution in [2.75, 3.05) is 13.1 Å². The van der Waals surface area contributed by atoms with Gasteiger partial charge in [-0.15, -0.1) is 0 Å². The minimum Gasteiger partial charge on any atom is -0.360 e. The van der Waals surface area contributed by atoms with Gasteiger partial charge in [0.05, 0.1) is 12.7 Å². The Morgan fingerprint density at radius 1 is 1.69 bits per heavy atom. The van der Waals surface area contributed by atoms with Crippen molar-refractivity contribution in [3.63, 3.8) is 0 Å². The van der Waals surface area contributed by atoms with Crippen LogP contribution in [0.25, 0.3) is 0 Å². The van der Waals surface area contributed by atoms with Crippen molar-refractivity contribution in [2.24, 2.45) is 5.92 Å². The van der Waals surface area contributed by atoms with E-state index in [4.69, 9.17) is 4.52 Å². The van der Waals surface area contributed by atoms with E-state index in [9.17, 15) is 4.79 Å². The van der Waals surface area contributed by atoms with Gasteiger partial charge in [0.2, 0.25) is 5.91 Å². The Labute approximate surface area is 94.6 Å². The second-order valence-corrected chi connectivity index (χ2v) is 4.15. The standard InChI is InChI=1S/C11H17N3O2/c15-11(2-1-9-3-5-12-7-9)13-8-10-4-6-14-16-10/h4,6,9,12H,1-3,5,7-8H2,(H,13,15). The third kappa shape index (κ3) is 3.34. The van der Waals surface area contributed by atoms with Gasteiger partial charge in [-0.25, -0.2) is 0 Å². The lowest BCUT2D eigenvalue weighted by Gasteiger charge is -2.07. The van der Waals surface area contributed by atoms with Crippen molar-refractivity contribution >= 4 is 5.91 Å². The zero-order valence-corrected chi connectivity index (χ0v) is 9.24. The van der Waals surface area contributed by atoms with Crippen molar-refractivity contribution in [1.29, 1.82) is 0 Å². The van der Waals surface area contributed by atoms with Crippen molar-refractivity contribution in [3.05, 3.63) is 18.0 Å². The van der Waals surface area contributed by atoms with Crippen LogP contribution in [0.4, 0.5) is 0 Å². The van der Waals surface area contributed by atoms with E-state index < -0.39 is 0 Å². The monoisotopic (exact) mass is 223 g/mol. The highest BCUT2D eigenvalue weighted by Gasteiger charge is 2.15. The van der Waals surface area contributed by atoms with Crippen LogP contribution in [-0.4, -0.2) is 24.2 Å². The maximum absolute atomic E-state index is 11.5. The first-order valence-corrected chi connectivity index (χ1v) is 5.71. The third-order valence-corrected chi connectivity index (χ3v) is 2.89. The Kier molecular flexibility index (Phi) is 3.93. The summed E-state index contributed by atoms with van der Waals surface area (Å²) in [4.78, 5) is 11.5. The molecule has 16 heavy (non-hydrogen) atoms. The summed E-state index contributed by atoms with van der Waals surface area (Å²) >= 11 is 0. The van der Waals surface area contributed by atoms with E-state index in [1.807, 2.05) is 0 Å². The lowest BCUT2D eigenvalue weighted by atomic mass is 10.0. The van der Waals surface area contributed by atoms with Crippen LogP contribution in [0.3, 0.4) is 0 Å². The van der Waals surface area contributed by atoms with Gasteiger partial charge in [0, 0.05) is 12.5 Å². The number of hydrogen-bond donors (Lipinski definition) is 2. The lowest BCUT2D eigenvalue weighted by Crippen LogP contribution is -2.23. The SMILES string of the molecule is O=C(CCC1CCNC1)NCc1ccno1. The fraction of sp³-hybridized carbons (Fsp3) is 0.636. The maximum atomic E-state index is 11.5. The normalized spacial score (nSPS) is 19.9. The number of amides is 1. The smallest absolute Gasteiger partial charge is 0.220 e. The molecule has 1 aromatic rings. The molecule has 5 heteroatoms. The topological polar surface area (TPSA) is 67.2 Å². The molecular formula is C11H17N3O2. The van der Waals surface area contributed by atoms with Gasteiger partial charge in [0.1, 0.15) is 0 Å². The molecule has 1 atom stereocenters. The molecule has 1 aliphatic heterocycles. The van der Waals surface area contributed by atoms with E-state index >= 15 is 0 Å². The first-order chi connectivity index (χ1) is 7.84. The highest BCUT2D eigenvalue weighted by Crippen LogP contribution is 2.13. The van der Waals surface area contributed by atoms with Crippen molar-refractivity contribution in [3.8, 4) is 0 Å². The summed E-state index contributed by atoms with van der Waals surface area (Å²) in [5.74, 6) is 1.44. The van der Waals surface area contributed by atoms with E-state index in [0.717, 1.165) is 19.5 Å². The molecule has 1 saturated heterocycles. The van der Waals surface area contributed by atoms with Crippen LogP contribution in [0, 0.1) is 5.92 Å². The Morgan fingerprint density at radius 3 is 3.31 bits per heavy atom. The molecule has 5 nitrogen and oxygen atoms in total. The van der Waals surface area contributed by atoms with E-state index in [0.29, 0.717) is 24.6 Å². The van der Waals surface area contributed by atoms with Crippen LogP contribution in [0.2, 0.25) is 0 Å². The quantitative estimate of drug-likeness (QED) is 0.770. The van der Waals surface area contributed by atoms with E-state index in [1.54, 1.807) is 12.3 Å². The summed E-state index contributed by atoms with van der Waals surface area (Å²) in [6.07, 6.45) is 4.33. The highest BCUT2D eigenvalue weighted by atomic mass is 16.5. The first-order valence-electron chi connectivity index (χ1n) is 5.71. The summed E-state index contributed by atoms with van der Waals surface area (Å²) in [5, 5.41) is 9.69. The van der Waals surface area contributed by atoms with Crippen LogP contribution in [-0.2, 0) is 11.3 Å². The number of nitrogens with zero attached hydrogens (tertiary/aromatic N) is 1. The maximum Gasteiger partial charge on any atom is 0.220 e.